The molecule has 0 amide bonds. The zero-order valence-electron chi connectivity index (χ0n) is 12.3. The van der Waals surface area contributed by atoms with Crippen LogP contribution in [0.15, 0.2) is 45.5 Å². The predicted molar refractivity (Wildman–Crippen MR) is 87.9 cm³/mol. The second-order valence-electron chi connectivity index (χ2n) is 4.72. The van der Waals surface area contributed by atoms with Crippen LogP contribution in [0.25, 0.3) is 4.96 Å². The van der Waals surface area contributed by atoms with E-state index in [9.17, 15) is 13.2 Å². The van der Waals surface area contributed by atoms with E-state index in [4.69, 9.17) is 4.74 Å². The fraction of sp³-hybridized carbons (Fsp3) is 0.143. The molecular weight excluding hydrogens is 338 g/mol. The number of rotatable bonds is 4. The fourth-order valence-electron chi connectivity index (χ4n) is 2.14. The number of sulfonamides is 1. The standard InChI is InChI=1S/C14H13N3O4S2/c1-9-12(13(18)17-7-8-22-14(17)15-9)23(19,20)16-10-3-5-11(21-2)6-4-10/h3-8,16H,1-2H3. The third-order valence-corrected chi connectivity index (χ3v) is 5.47. The van der Waals surface area contributed by atoms with Crippen molar-refractivity contribution in [1.82, 2.24) is 9.38 Å². The van der Waals surface area contributed by atoms with Crippen LogP contribution in [0.3, 0.4) is 0 Å². The summed E-state index contributed by atoms with van der Waals surface area (Å²) in [5.41, 5.74) is -0.117. The van der Waals surface area contributed by atoms with Crippen molar-refractivity contribution in [2.75, 3.05) is 11.8 Å². The van der Waals surface area contributed by atoms with E-state index >= 15 is 0 Å². The molecule has 3 rings (SSSR count). The molecule has 0 saturated carbocycles. The molecule has 0 radical (unpaired) electrons. The zero-order valence-corrected chi connectivity index (χ0v) is 13.9. The average Bonchev–Trinajstić information content (AvgIpc) is 2.96. The van der Waals surface area contributed by atoms with Crippen molar-refractivity contribution in [3.63, 3.8) is 0 Å². The minimum absolute atomic E-state index is 0.165. The van der Waals surface area contributed by atoms with Crippen molar-refractivity contribution in [2.24, 2.45) is 0 Å². The molecule has 3 aromatic rings. The lowest BCUT2D eigenvalue weighted by Crippen LogP contribution is -2.27. The van der Waals surface area contributed by atoms with E-state index in [1.54, 1.807) is 29.6 Å². The molecule has 0 aliphatic rings. The average molecular weight is 351 g/mol. The van der Waals surface area contributed by atoms with Crippen LogP contribution in [0, 0.1) is 6.92 Å². The van der Waals surface area contributed by atoms with Crippen LogP contribution in [-0.4, -0.2) is 24.9 Å². The van der Waals surface area contributed by atoms with Crippen LogP contribution >= 0.6 is 11.3 Å². The van der Waals surface area contributed by atoms with Gasteiger partial charge in [-0.3, -0.25) is 13.9 Å². The van der Waals surface area contributed by atoms with Crippen LogP contribution < -0.4 is 15.0 Å². The number of hydrogen-bond acceptors (Lipinski definition) is 6. The Balaban J connectivity index is 2.07. The Kier molecular flexibility index (Phi) is 3.82. The van der Waals surface area contributed by atoms with Gasteiger partial charge in [0.25, 0.3) is 15.6 Å². The Morgan fingerprint density at radius 3 is 2.61 bits per heavy atom. The molecule has 120 valence electrons. The molecule has 23 heavy (non-hydrogen) atoms. The number of thiazole rings is 1. The van der Waals surface area contributed by atoms with E-state index in [1.807, 2.05) is 0 Å². The van der Waals surface area contributed by atoms with Gasteiger partial charge in [-0.05, 0) is 31.2 Å². The number of aromatic nitrogens is 2. The second kappa shape index (κ2) is 5.67. The van der Waals surface area contributed by atoms with Gasteiger partial charge in [-0.1, -0.05) is 0 Å². The van der Waals surface area contributed by atoms with Gasteiger partial charge in [0.2, 0.25) is 0 Å². The molecule has 0 aliphatic carbocycles. The molecule has 1 N–H and O–H groups in total. The first-order valence-corrected chi connectivity index (χ1v) is 8.92. The lowest BCUT2D eigenvalue weighted by Gasteiger charge is -2.10. The first-order valence-electron chi connectivity index (χ1n) is 6.56. The fourth-order valence-corrected chi connectivity index (χ4v) is 4.20. The summed E-state index contributed by atoms with van der Waals surface area (Å²) in [4.78, 5) is 16.7. The highest BCUT2D eigenvalue weighted by atomic mass is 32.2. The van der Waals surface area contributed by atoms with Gasteiger partial charge in [0, 0.05) is 17.3 Å². The molecule has 2 aromatic heterocycles. The number of hydrogen-bond donors (Lipinski definition) is 1. The first kappa shape index (κ1) is 15.5. The Bertz CT molecular complexity index is 1020. The van der Waals surface area contributed by atoms with Gasteiger partial charge in [-0.25, -0.2) is 13.4 Å². The Morgan fingerprint density at radius 1 is 1.26 bits per heavy atom. The molecule has 0 saturated heterocycles. The highest BCUT2D eigenvalue weighted by Crippen LogP contribution is 2.20. The lowest BCUT2D eigenvalue weighted by molar-refractivity contribution is 0.415. The number of methoxy groups -OCH3 is 1. The normalized spacial score (nSPS) is 11.6. The minimum Gasteiger partial charge on any atom is -0.497 e. The Labute approximate surface area is 136 Å². The Hall–Kier alpha value is -2.39. The molecular formula is C14H13N3O4S2. The highest BCUT2D eigenvalue weighted by molar-refractivity contribution is 7.92. The van der Waals surface area contributed by atoms with Crippen LogP contribution in [0.2, 0.25) is 0 Å². The van der Waals surface area contributed by atoms with Crippen LogP contribution in [-0.2, 0) is 10.0 Å². The zero-order chi connectivity index (χ0) is 16.6. The molecule has 2 heterocycles. The first-order chi connectivity index (χ1) is 10.9. The number of nitrogens with one attached hydrogen (secondary N) is 1. The molecule has 1 aromatic carbocycles. The van der Waals surface area contributed by atoms with Gasteiger partial charge in [0.05, 0.1) is 12.8 Å². The summed E-state index contributed by atoms with van der Waals surface area (Å²) in [5.74, 6) is 0.602. The quantitative estimate of drug-likeness (QED) is 0.775. The maximum atomic E-state index is 12.6. The number of fused-ring (bicyclic) bond motifs is 1. The predicted octanol–water partition coefficient (Wildman–Crippen LogP) is 1.87. The van der Waals surface area contributed by atoms with Crippen molar-refractivity contribution in [1.29, 1.82) is 0 Å². The monoisotopic (exact) mass is 351 g/mol. The van der Waals surface area contributed by atoms with E-state index < -0.39 is 15.6 Å². The number of benzene rings is 1. The topological polar surface area (TPSA) is 89.8 Å². The summed E-state index contributed by atoms with van der Waals surface area (Å²) in [6.45, 7) is 1.50. The highest BCUT2D eigenvalue weighted by Gasteiger charge is 2.24. The van der Waals surface area contributed by atoms with Crippen LogP contribution in [0.5, 0.6) is 5.75 Å². The number of ether oxygens (including phenoxy) is 1. The van der Waals surface area contributed by atoms with Crippen LogP contribution in [0.1, 0.15) is 5.69 Å². The molecule has 7 nitrogen and oxygen atoms in total. The maximum absolute atomic E-state index is 12.6. The SMILES string of the molecule is COc1ccc(NS(=O)(=O)c2c(C)nc3sccn3c2=O)cc1. The van der Waals surface area contributed by atoms with Crippen LogP contribution in [0.4, 0.5) is 5.69 Å². The largest absolute Gasteiger partial charge is 0.497 e. The van der Waals surface area contributed by atoms with E-state index in [0.717, 1.165) is 0 Å². The molecule has 0 fully saturated rings. The van der Waals surface area contributed by atoms with Crippen molar-refractivity contribution in [3.8, 4) is 5.75 Å². The van der Waals surface area contributed by atoms with Gasteiger partial charge in [0.1, 0.15) is 5.75 Å². The Morgan fingerprint density at radius 2 is 1.96 bits per heavy atom. The van der Waals surface area contributed by atoms with E-state index in [2.05, 4.69) is 9.71 Å². The number of nitrogens with zero attached hydrogens (tertiary/aromatic N) is 2. The van der Waals surface area contributed by atoms with E-state index in [-0.39, 0.29) is 10.6 Å². The molecule has 0 unspecified atom stereocenters. The number of anilines is 1. The van der Waals surface area contributed by atoms with Gasteiger partial charge in [0.15, 0.2) is 9.86 Å². The molecule has 0 spiro atoms. The van der Waals surface area contributed by atoms with E-state index in [1.165, 1.54) is 36.0 Å². The van der Waals surface area contributed by atoms with Crippen molar-refractivity contribution >= 4 is 32.0 Å². The third kappa shape index (κ3) is 2.80. The summed E-state index contributed by atoms with van der Waals surface area (Å²) in [6.07, 6.45) is 1.50. The molecule has 0 aliphatic heterocycles. The van der Waals surface area contributed by atoms with Gasteiger partial charge in [-0.2, -0.15) is 0 Å². The third-order valence-electron chi connectivity index (χ3n) is 3.21. The molecule has 0 bridgehead atoms. The summed E-state index contributed by atoms with van der Waals surface area (Å²) < 4.78 is 33.8. The maximum Gasteiger partial charge on any atom is 0.279 e. The summed E-state index contributed by atoms with van der Waals surface area (Å²) >= 11 is 1.27. The van der Waals surface area contributed by atoms with Gasteiger partial charge < -0.3 is 4.74 Å². The molecule has 0 atom stereocenters. The smallest absolute Gasteiger partial charge is 0.279 e. The summed E-state index contributed by atoms with van der Waals surface area (Å²) in [5, 5.41) is 1.68. The van der Waals surface area contributed by atoms with Gasteiger partial charge in [-0.15, -0.1) is 11.3 Å². The van der Waals surface area contributed by atoms with Crippen molar-refractivity contribution in [2.45, 2.75) is 11.8 Å². The van der Waals surface area contributed by atoms with E-state index in [0.29, 0.717) is 16.4 Å². The van der Waals surface area contributed by atoms with Crippen molar-refractivity contribution in [3.05, 3.63) is 51.9 Å². The second-order valence-corrected chi connectivity index (χ2v) is 7.21. The van der Waals surface area contributed by atoms with Crippen molar-refractivity contribution < 1.29 is 13.2 Å². The summed E-state index contributed by atoms with van der Waals surface area (Å²) in [6, 6.07) is 6.36. The lowest BCUT2D eigenvalue weighted by atomic mass is 10.3. The van der Waals surface area contributed by atoms with Gasteiger partial charge >= 0.3 is 0 Å². The minimum atomic E-state index is -4.05. The number of aryl methyl sites for hydroxylation is 1. The summed E-state index contributed by atoms with van der Waals surface area (Å²) in [7, 11) is -2.53. The molecule has 9 heteroatoms.